The van der Waals surface area contributed by atoms with Gasteiger partial charge >= 0.3 is 0 Å². The molecule has 0 radical (unpaired) electrons. The maximum absolute atomic E-state index is 9.82. The Labute approximate surface area is 106 Å². The van der Waals surface area contributed by atoms with E-state index >= 15 is 0 Å². The second-order valence-corrected chi connectivity index (χ2v) is 5.78. The second-order valence-electron chi connectivity index (χ2n) is 5.78. The van der Waals surface area contributed by atoms with E-state index in [0.717, 1.165) is 32.5 Å². The SMILES string of the molecule is CC(C)N1CCN(CCCC(C)(O)CN)CC1. The van der Waals surface area contributed by atoms with Crippen molar-refractivity contribution in [3.05, 3.63) is 0 Å². The third-order valence-electron chi connectivity index (χ3n) is 3.77. The highest BCUT2D eigenvalue weighted by atomic mass is 16.3. The largest absolute Gasteiger partial charge is 0.389 e. The number of nitrogens with two attached hydrogens (primary N) is 1. The molecule has 1 saturated heterocycles. The monoisotopic (exact) mass is 243 g/mol. The van der Waals surface area contributed by atoms with Crippen LogP contribution in [-0.2, 0) is 0 Å². The molecule has 102 valence electrons. The zero-order chi connectivity index (χ0) is 12.9. The van der Waals surface area contributed by atoms with Crippen molar-refractivity contribution >= 4 is 0 Å². The molecule has 1 rings (SSSR count). The number of hydrogen-bond acceptors (Lipinski definition) is 4. The lowest BCUT2D eigenvalue weighted by Crippen LogP contribution is -2.49. The fourth-order valence-electron chi connectivity index (χ4n) is 2.29. The highest BCUT2D eigenvalue weighted by Crippen LogP contribution is 2.12. The molecule has 17 heavy (non-hydrogen) atoms. The lowest BCUT2D eigenvalue weighted by atomic mass is 10.0. The highest BCUT2D eigenvalue weighted by molar-refractivity contribution is 4.77. The van der Waals surface area contributed by atoms with Gasteiger partial charge in [-0.25, -0.2) is 0 Å². The molecule has 1 fully saturated rings. The van der Waals surface area contributed by atoms with Crippen LogP contribution in [0.1, 0.15) is 33.6 Å². The number of aliphatic hydroxyl groups is 1. The minimum atomic E-state index is -0.681. The van der Waals surface area contributed by atoms with Crippen LogP contribution in [0.25, 0.3) is 0 Å². The van der Waals surface area contributed by atoms with E-state index in [-0.39, 0.29) is 0 Å². The number of hydrogen-bond donors (Lipinski definition) is 2. The molecule has 4 heteroatoms. The van der Waals surface area contributed by atoms with Crippen molar-refractivity contribution in [2.45, 2.75) is 45.3 Å². The maximum Gasteiger partial charge on any atom is 0.0741 e. The van der Waals surface area contributed by atoms with Gasteiger partial charge in [-0.3, -0.25) is 4.90 Å². The Morgan fingerprint density at radius 2 is 1.82 bits per heavy atom. The van der Waals surface area contributed by atoms with Gasteiger partial charge in [0.2, 0.25) is 0 Å². The quantitative estimate of drug-likeness (QED) is 0.713. The highest BCUT2D eigenvalue weighted by Gasteiger charge is 2.20. The van der Waals surface area contributed by atoms with Crippen LogP contribution in [0.15, 0.2) is 0 Å². The lowest BCUT2D eigenvalue weighted by Gasteiger charge is -2.37. The van der Waals surface area contributed by atoms with Gasteiger partial charge in [0.1, 0.15) is 0 Å². The van der Waals surface area contributed by atoms with Crippen LogP contribution in [0.4, 0.5) is 0 Å². The lowest BCUT2D eigenvalue weighted by molar-refractivity contribution is 0.0498. The number of rotatable bonds is 6. The van der Waals surface area contributed by atoms with Gasteiger partial charge in [0, 0.05) is 38.8 Å². The van der Waals surface area contributed by atoms with Gasteiger partial charge in [-0.1, -0.05) is 0 Å². The van der Waals surface area contributed by atoms with E-state index < -0.39 is 5.60 Å². The Morgan fingerprint density at radius 3 is 2.29 bits per heavy atom. The first kappa shape index (κ1) is 14.9. The molecule has 0 bridgehead atoms. The van der Waals surface area contributed by atoms with E-state index in [0.29, 0.717) is 12.6 Å². The van der Waals surface area contributed by atoms with E-state index in [4.69, 9.17) is 5.73 Å². The summed E-state index contributed by atoms with van der Waals surface area (Å²) in [5.41, 5.74) is 4.83. The van der Waals surface area contributed by atoms with Gasteiger partial charge in [0.25, 0.3) is 0 Å². The van der Waals surface area contributed by atoms with Crippen LogP contribution >= 0.6 is 0 Å². The van der Waals surface area contributed by atoms with Crippen molar-refractivity contribution in [2.24, 2.45) is 5.73 Å². The summed E-state index contributed by atoms with van der Waals surface area (Å²) in [6, 6.07) is 0.662. The Bertz CT molecular complexity index is 211. The molecular formula is C13H29N3O. The smallest absolute Gasteiger partial charge is 0.0741 e. The molecule has 1 atom stereocenters. The third-order valence-corrected chi connectivity index (χ3v) is 3.77. The van der Waals surface area contributed by atoms with Crippen LogP contribution < -0.4 is 5.73 Å². The zero-order valence-corrected chi connectivity index (χ0v) is 11.7. The Morgan fingerprint density at radius 1 is 1.24 bits per heavy atom. The summed E-state index contributed by atoms with van der Waals surface area (Å²) in [6.45, 7) is 12.4. The number of piperazine rings is 1. The van der Waals surface area contributed by atoms with Crippen molar-refractivity contribution in [3.63, 3.8) is 0 Å². The summed E-state index contributed by atoms with van der Waals surface area (Å²) in [4.78, 5) is 5.01. The molecule has 0 aliphatic carbocycles. The predicted octanol–water partition coefficient (Wildman–Crippen LogP) is 0.502. The van der Waals surface area contributed by atoms with E-state index in [2.05, 4.69) is 23.6 Å². The van der Waals surface area contributed by atoms with Crippen molar-refractivity contribution < 1.29 is 5.11 Å². The Kier molecular flexibility index (Phi) is 5.86. The first-order valence-electron chi connectivity index (χ1n) is 6.83. The van der Waals surface area contributed by atoms with Gasteiger partial charge in [-0.05, 0) is 40.2 Å². The molecule has 1 unspecified atom stereocenters. The average Bonchev–Trinajstić information content (AvgIpc) is 2.29. The van der Waals surface area contributed by atoms with Crippen LogP contribution in [-0.4, -0.2) is 65.8 Å². The summed E-state index contributed by atoms with van der Waals surface area (Å²) in [6.07, 6.45) is 1.83. The Balaban J connectivity index is 2.14. The molecule has 0 aromatic heterocycles. The van der Waals surface area contributed by atoms with Gasteiger partial charge in [-0.15, -0.1) is 0 Å². The first-order valence-corrected chi connectivity index (χ1v) is 6.83. The van der Waals surface area contributed by atoms with E-state index in [9.17, 15) is 5.11 Å². The fourth-order valence-corrected chi connectivity index (χ4v) is 2.29. The van der Waals surface area contributed by atoms with Gasteiger partial charge in [0.05, 0.1) is 5.60 Å². The van der Waals surface area contributed by atoms with Crippen molar-refractivity contribution in [3.8, 4) is 0 Å². The zero-order valence-electron chi connectivity index (χ0n) is 11.7. The topological polar surface area (TPSA) is 52.7 Å². The van der Waals surface area contributed by atoms with E-state index in [1.54, 1.807) is 0 Å². The minimum Gasteiger partial charge on any atom is -0.389 e. The normalized spacial score (nSPS) is 22.9. The molecule has 0 spiro atoms. The molecule has 1 heterocycles. The van der Waals surface area contributed by atoms with Crippen LogP contribution in [0.5, 0.6) is 0 Å². The summed E-state index contributed by atoms with van der Waals surface area (Å²) >= 11 is 0. The van der Waals surface area contributed by atoms with Gasteiger partial charge in [0.15, 0.2) is 0 Å². The van der Waals surface area contributed by atoms with Crippen molar-refractivity contribution in [1.82, 2.24) is 9.80 Å². The van der Waals surface area contributed by atoms with Gasteiger partial charge in [-0.2, -0.15) is 0 Å². The molecule has 0 aromatic rings. The summed E-state index contributed by atoms with van der Waals surface area (Å²) in [7, 11) is 0. The summed E-state index contributed by atoms with van der Waals surface area (Å²) in [5, 5.41) is 9.82. The molecule has 0 saturated carbocycles. The summed E-state index contributed by atoms with van der Waals surface area (Å²) < 4.78 is 0. The molecule has 1 aliphatic rings. The molecule has 0 aromatic carbocycles. The molecule has 3 N–H and O–H groups in total. The minimum absolute atomic E-state index is 0.355. The first-order chi connectivity index (χ1) is 7.94. The van der Waals surface area contributed by atoms with Gasteiger partial charge < -0.3 is 15.7 Å². The van der Waals surface area contributed by atoms with Crippen molar-refractivity contribution in [1.29, 1.82) is 0 Å². The third kappa shape index (κ3) is 5.34. The second kappa shape index (κ2) is 6.69. The number of nitrogens with zero attached hydrogens (tertiary/aromatic N) is 2. The van der Waals surface area contributed by atoms with Crippen LogP contribution in [0.3, 0.4) is 0 Å². The predicted molar refractivity (Wildman–Crippen MR) is 72.1 cm³/mol. The molecule has 0 amide bonds. The van der Waals surface area contributed by atoms with Crippen molar-refractivity contribution in [2.75, 3.05) is 39.3 Å². The molecular weight excluding hydrogens is 214 g/mol. The fraction of sp³-hybridized carbons (Fsp3) is 1.00. The molecule has 1 aliphatic heterocycles. The van der Waals surface area contributed by atoms with E-state index in [1.807, 2.05) is 6.92 Å². The molecule has 4 nitrogen and oxygen atoms in total. The summed E-state index contributed by atoms with van der Waals surface area (Å²) in [5.74, 6) is 0. The van der Waals surface area contributed by atoms with Crippen LogP contribution in [0.2, 0.25) is 0 Å². The van der Waals surface area contributed by atoms with Crippen LogP contribution in [0, 0.1) is 0 Å². The maximum atomic E-state index is 9.82. The standard InChI is InChI=1S/C13H29N3O/c1-12(2)16-9-7-15(8-10-16)6-4-5-13(3,17)11-14/h12,17H,4-11,14H2,1-3H3. The Hall–Kier alpha value is -0.160. The van der Waals surface area contributed by atoms with E-state index in [1.165, 1.54) is 13.1 Å². The average molecular weight is 243 g/mol.